The molecule has 0 unspecified atom stereocenters. The third-order valence-electron chi connectivity index (χ3n) is 4.62. The van der Waals surface area contributed by atoms with Gasteiger partial charge < -0.3 is 4.74 Å². The van der Waals surface area contributed by atoms with Crippen molar-refractivity contribution in [3.63, 3.8) is 0 Å². The van der Waals surface area contributed by atoms with Gasteiger partial charge in [-0.3, -0.25) is 19.4 Å². The Morgan fingerprint density at radius 1 is 1.28 bits per heavy atom. The smallest absolute Gasteiger partial charge is 0.280 e. The third-order valence-corrected chi connectivity index (χ3v) is 5.68. The average Bonchev–Trinajstić information content (AvgIpc) is 3.34. The Hall–Kier alpha value is -3.26. The molecule has 0 saturated heterocycles. The summed E-state index contributed by atoms with van der Waals surface area (Å²) in [4.78, 5) is 23.9. The van der Waals surface area contributed by atoms with Gasteiger partial charge in [-0.2, -0.15) is 5.10 Å². The van der Waals surface area contributed by atoms with Crippen molar-refractivity contribution in [3.05, 3.63) is 65.7 Å². The first-order valence-electron chi connectivity index (χ1n) is 9.29. The molecule has 0 aliphatic rings. The van der Waals surface area contributed by atoms with E-state index in [1.165, 1.54) is 11.3 Å². The second-order valence-corrected chi connectivity index (χ2v) is 7.58. The summed E-state index contributed by atoms with van der Waals surface area (Å²) in [6.07, 6.45) is 3.47. The van der Waals surface area contributed by atoms with Crippen molar-refractivity contribution in [2.45, 2.75) is 26.9 Å². The number of ether oxygens (including phenoxy) is 1. The maximum absolute atomic E-state index is 13.4. The summed E-state index contributed by atoms with van der Waals surface area (Å²) in [7, 11) is 1.62. The van der Waals surface area contributed by atoms with Crippen LogP contribution in [0.1, 0.15) is 28.7 Å². The quantitative estimate of drug-likeness (QED) is 0.482. The Morgan fingerprint density at radius 2 is 2.14 bits per heavy atom. The van der Waals surface area contributed by atoms with Crippen molar-refractivity contribution >= 4 is 32.6 Å². The predicted molar refractivity (Wildman–Crippen MR) is 114 cm³/mol. The molecule has 148 valence electrons. The molecule has 3 aromatic heterocycles. The highest BCUT2D eigenvalue weighted by atomic mass is 32.1. The molecule has 0 radical (unpaired) electrons. The lowest BCUT2D eigenvalue weighted by Crippen LogP contribution is -2.30. The minimum absolute atomic E-state index is 0.185. The number of rotatable bonds is 6. The number of methoxy groups -OCH3 is 1. The van der Waals surface area contributed by atoms with Gasteiger partial charge in [-0.05, 0) is 43.7 Å². The maximum atomic E-state index is 13.4. The van der Waals surface area contributed by atoms with Crippen LogP contribution in [0.5, 0.6) is 5.75 Å². The number of hydrogen-bond acceptors (Lipinski definition) is 6. The van der Waals surface area contributed by atoms with Crippen molar-refractivity contribution < 1.29 is 9.53 Å². The first kappa shape index (κ1) is 19.1. The van der Waals surface area contributed by atoms with Gasteiger partial charge in [-0.15, -0.1) is 0 Å². The number of hydrogen-bond donors (Lipinski definition) is 0. The average molecular weight is 407 g/mol. The van der Waals surface area contributed by atoms with E-state index in [1.807, 2.05) is 54.9 Å². The van der Waals surface area contributed by atoms with Crippen LogP contribution in [0.25, 0.3) is 10.2 Å². The van der Waals surface area contributed by atoms with Gasteiger partial charge in [-0.1, -0.05) is 17.4 Å². The highest BCUT2D eigenvalue weighted by Gasteiger charge is 2.24. The first-order chi connectivity index (χ1) is 14.1. The number of aryl methyl sites for hydroxylation is 2. The van der Waals surface area contributed by atoms with Gasteiger partial charge in [-0.25, -0.2) is 4.98 Å². The summed E-state index contributed by atoms with van der Waals surface area (Å²) in [6.45, 7) is 5.02. The standard InChI is InChI=1S/C21H21N5O2S/c1-4-26-14(2)10-18(24-26)20(27)25(13-15-6-5-9-22-12-15)21-23-17-11-16(28-3)7-8-19(17)29-21/h5-12H,4,13H2,1-3H3. The van der Waals surface area contributed by atoms with E-state index in [-0.39, 0.29) is 5.91 Å². The number of aromatic nitrogens is 4. The summed E-state index contributed by atoms with van der Waals surface area (Å²) in [5, 5.41) is 5.08. The van der Waals surface area contributed by atoms with Crippen LogP contribution in [0.3, 0.4) is 0 Å². The van der Waals surface area contributed by atoms with E-state index >= 15 is 0 Å². The Morgan fingerprint density at radius 3 is 2.83 bits per heavy atom. The Labute approximate surface area is 172 Å². The molecule has 1 amide bonds. The van der Waals surface area contributed by atoms with E-state index in [1.54, 1.807) is 24.4 Å². The summed E-state index contributed by atoms with van der Waals surface area (Å²) >= 11 is 1.47. The van der Waals surface area contributed by atoms with E-state index in [9.17, 15) is 4.79 Å². The van der Waals surface area contributed by atoms with E-state index in [0.29, 0.717) is 23.9 Å². The number of thiazole rings is 1. The number of carbonyl (C=O) groups excluding carboxylic acids is 1. The largest absolute Gasteiger partial charge is 0.497 e. The van der Waals surface area contributed by atoms with Gasteiger partial charge in [0.2, 0.25) is 0 Å². The lowest BCUT2D eigenvalue weighted by atomic mass is 10.2. The number of benzene rings is 1. The van der Waals surface area contributed by atoms with Crippen LogP contribution in [-0.4, -0.2) is 32.8 Å². The van der Waals surface area contributed by atoms with Gasteiger partial charge in [0.05, 0.1) is 23.9 Å². The molecule has 7 nitrogen and oxygen atoms in total. The fourth-order valence-corrected chi connectivity index (χ4v) is 4.05. The number of carbonyl (C=O) groups is 1. The van der Waals surface area contributed by atoms with Crippen LogP contribution in [0.4, 0.5) is 5.13 Å². The Bertz CT molecular complexity index is 1150. The van der Waals surface area contributed by atoms with Crippen LogP contribution in [0, 0.1) is 6.92 Å². The van der Waals surface area contributed by atoms with Crippen LogP contribution in [0.2, 0.25) is 0 Å². The molecule has 8 heteroatoms. The minimum atomic E-state index is -0.185. The van der Waals surface area contributed by atoms with E-state index in [2.05, 4.69) is 10.1 Å². The second kappa shape index (κ2) is 8.00. The second-order valence-electron chi connectivity index (χ2n) is 6.57. The minimum Gasteiger partial charge on any atom is -0.497 e. The molecule has 1 aromatic carbocycles. The maximum Gasteiger partial charge on any atom is 0.280 e. The Balaban J connectivity index is 1.76. The SMILES string of the molecule is CCn1nc(C(=O)N(Cc2cccnc2)c2nc3cc(OC)ccc3s2)cc1C. The lowest BCUT2D eigenvalue weighted by Gasteiger charge is -2.18. The lowest BCUT2D eigenvalue weighted by molar-refractivity contribution is 0.0979. The summed E-state index contributed by atoms with van der Waals surface area (Å²) < 4.78 is 8.10. The molecule has 0 saturated carbocycles. The molecule has 0 fully saturated rings. The van der Waals surface area contributed by atoms with Crippen molar-refractivity contribution in [2.75, 3.05) is 12.0 Å². The zero-order valence-corrected chi connectivity index (χ0v) is 17.3. The number of nitrogens with zero attached hydrogens (tertiary/aromatic N) is 5. The van der Waals surface area contributed by atoms with Crippen molar-refractivity contribution in [1.82, 2.24) is 19.7 Å². The van der Waals surface area contributed by atoms with Gasteiger partial charge in [0, 0.05) is 30.7 Å². The topological polar surface area (TPSA) is 73.1 Å². The van der Waals surface area contributed by atoms with Gasteiger partial charge in [0.15, 0.2) is 10.8 Å². The molecule has 0 spiro atoms. The first-order valence-corrected chi connectivity index (χ1v) is 10.1. The number of fused-ring (bicyclic) bond motifs is 1. The van der Waals surface area contributed by atoms with E-state index < -0.39 is 0 Å². The highest BCUT2D eigenvalue weighted by Crippen LogP contribution is 2.32. The highest BCUT2D eigenvalue weighted by molar-refractivity contribution is 7.22. The zero-order valence-electron chi connectivity index (χ0n) is 16.5. The summed E-state index contributed by atoms with van der Waals surface area (Å²) in [6, 6.07) is 11.3. The summed E-state index contributed by atoms with van der Waals surface area (Å²) in [5.41, 5.74) is 3.07. The molecular formula is C21H21N5O2S. The zero-order chi connectivity index (χ0) is 20.4. The third kappa shape index (κ3) is 3.84. The van der Waals surface area contributed by atoms with E-state index in [4.69, 9.17) is 9.72 Å². The van der Waals surface area contributed by atoms with E-state index in [0.717, 1.165) is 27.2 Å². The normalized spacial score (nSPS) is 11.0. The summed E-state index contributed by atoms with van der Waals surface area (Å²) in [5.74, 6) is 0.548. The van der Waals surface area contributed by atoms with Gasteiger partial charge in [0.1, 0.15) is 5.75 Å². The van der Waals surface area contributed by atoms with Gasteiger partial charge in [0.25, 0.3) is 5.91 Å². The molecule has 3 heterocycles. The predicted octanol–water partition coefficient (Wildman–Crippen LogP) is 4.07. The van der Waals surface area contributed by atoms with Gasteiger partial charge >= 0.3 is 0 Å². The molecule has 4 rings (SSSR count). The molecule has 0 atom stereocenters. The van der Waals surface area contributed by atoms with Crippen molar-refractivity contribution in [3.8, 4) is 5.75 Å². The van der Waals surface area contributed by atoms with Crippen LogP contribution >= 0.6 is 11.3 Å². The number of anilines is 1. The fraction of sp³-hybridized carbons (Fsp3) is 0.238. The van der Waals surface area contributed by atoms with Crippen LogP contribution < -0.4 is 9.64 Å². The molecule has 0 N–H and O–H groups in total. The molecule has 4 aromatic rings. The molecule has 0 bridgehead atoms. The molecule has 0 aliphatic carbocycles. The fourth-order valence-electron chi connectivity index (χ4n) is 3.11. The van der Waals surface area contributed by atoms with Crippen molar-refractivity contribution in [1.29, 1.82) is 0 Å². The van der Waals surface area contributed by atoms with Crippen LogP contribution in [0.15, 0.2) is 48.8 Å². The van der Waals surface area contributed by atoms with Crippen molar-refractivity contribution in [2.24, 2.45) is 0 Å². The Kier molecular flexibility index (Phi) is 5.26. The van der Waals surface area contributed by atoms with Crippen LogP contribution in [-0.2, 0) is 13.1 Å². The molecule has 29 heavy (non-hydrogen) atoms. The molecule has 0 aliphatic heterocycles. The monoisotopic (exact) mass is 407 g/mol. The number of amides is 1. The molecular weight excluding hydrogens is 386 g/mol. The number of pyridine rings is 1.